The Morgan fingerprint density at radius 3 is 2.85 bits per heavy atom. The van der Waals surface area contributed by atoms with Gasteiger partial charge in [0.25, 0.3) is 5.91 Å². The Kier molecular flexibility index (Phi) is 5.48. The number of rotatable bonds is 6. The number of carbonyl (C=O) groups is 1. The summed E-state index contributed by atoms with van der Waals surface area (Å²) in [6.07, 6.45) is 1.69. The van der Waals surface area contributed by atoms with Crippen LogP contribution in [0.25, 0.3) is 0 Å². The van der Waals surface area contributed by atoms with Gasteiger partial charge in [-0.3, -0.25) is 4.79 Å². The van der Waals surface area contributed by atoms with Gasteiger partial charge in [-0.2, -0.15) is 0 Å². The highest BCUT2D eigenvalue weighted by Crippen LogP contribution is 2.22. The van der Waals surface area contributed by atoms with Crippen molar-refractivity contribution in [1.82, 2.24) is 9.97 Å². The van der Waals surface area contributed by atoms with E-state index in [0.717, 1.165) is 10.7 Å². The van der Waals surface area contributed by atoms with Crippen LogP contribution in [0.1, 0.15) is 21.1 Å². The SMILES string of the molecule is Cc1nc(COc2cccc(C(=O)Nc3cccnc3N(C)C)c2)cs1. The third-order valence-electron chi connectivity index (χ3n) is 3.61. The van der Waals surface area contributed by atoms with Crippen molar-refractivity contribution in [2.24, 2.45) is 0 Å². The highest BCUT2D eigenvalue weighted by atomic mass is 32.1. The van der Waals surface area contributed by atoms with Gasteiger partial charge in [0.05, 0.1) is 16.4 Å². The number of ether oxygens (including phenoxy) is 1. The molecule has 0 radical (unpaired) electrons. The van der Waals surface area contributed by atoms with Crippen LogP contribution in [0.5, 0.6) is 5.75 Å². The third kappa shape index (κ3) is 4.37. The summed E-state index contributed by atoms with van der Waals surface area (Å²) in [5.41, 5.74) is 2.06. The normalized spacial score (nSPS) is 10.4. The van der Waals surface area contributed by atoms with Crippen molar-refractivity contribution in [1.29, 1.82) is 0 Å². The second-order valence-corrected chi connectivity index (χ2v) is 6.96. The molecule has 0 fully saturated rings. The van der Waals surface area contributed by atoms with Gasteiger partial charge in [0.1, 0.15) is 12.4 Å². The van der Waals surface area contributed by atoms with Crippen LogP contribution in [0.2, 0.25) is 0 Å². The molecule has 134 valence electrons. The molecule has 0 spiro atoms. The zero-order chi connectivity index (χ0) is 18.5. The number of nitrogens with one attached hydrogen (secondary N) is 1. The first kappa shape index (κ1) is 17.9. The molecule has 0 aliphatic heterocycles. The minimum Gasteiger partial charge on any atom is -0.487 e. The smallest absolute Gasteiger partial charge is 0.255 e. The first-order valence-electron chi connectivity index (χ1n) is 8.10. The van der Waals surface area contributed by atoms with Crippen molar-refractivity contribution in [2.45, 2.75) is 13.5 Å². The van der Waals surface area contributed by atoms with Crippen LogP contribution < -0.4 is 15.0 Å². The zero-order valence-electron chi connectivity index (χ0n) is 14.9. The highest BCUT2D eigenvalue weighted by Gasteiger charge is 2.12. The largest absolute Gasteiger partial charge is 0.487 e. The van der Waals surface area contributed by atoms with Crippen molar-refractivity contribution in [3.8, 4) is 5.75 Å². The maximum atomic E-state index is 12.6. The predicted molar refractivity (Wildman–Crippen MR) is 104 cm³/mol. The Hall–Kier alpha value is -2.93. The van der Waals surface area contributed by atoms with E-state index in [9.17, 15) is 4.79 Å². The lowest BCUT2D eigenvalue weighted by atomic mass is 10.2. The summed E-state index contributed by atoms with van der Waals surface area (Å²) in [5.74, 6) is 1.12. The molecule has 3 aromatic rings. The lowest BCUT2D eigenvalue weighted by molar-refractivity contribution is 0.102. The van der Waals surface area contributed by atoms with Crippen LogP contribution in [-0.2, 0) is 6.61 Å². The van der Waals surface area contributed by atoms with Crippen molar-refractivity contribution in [3.63, 3.8) is 0 Å². The highest BCUT2D eigenvalue weighted by molar-refractivity contribution is 7.09. The molecule has 0 unspecified atom stereocenters. The first-order valence-corrected chi connectivity index (χ1v) is 8.98. The molecule has 0 aliphatic carbocycles. The van der Waals surface area contributed by atoms with E-state index in [4.69, 9.17) is 4.74 Å². The van der Waals surface area contributed by atoms with Gasteiger partial charge >= 0.3 is 0 Å². The van der Waals surface area contributed by atoms with Crippen molar-refractivity contribution >= 4 is 28.7 Å². The van der Waals surface area contributed by atoms with E-state index in [-0.39, 0.29) is 5.91 Å². The summed E-state index contributed by atoms with van der Waals surface area (Å²) in [6.45, 7) is 2.34. The quantitative estimate of drug-likeness (QED) is 0.718. The van der Waals surface area contributed by atoms with Crippen molar-refractivity contribution in [3.05, 3.63) is 64.2 Å². The molecule has 0 saturated carbocycles. The predicted octanol–water partition coefficient (Wildman–Crippen LogP) is 3.74. The maximum Gasteiger partial charge on any atom is 0.255 e. The number of thiazole rings is 1. The van der Waals surface area contributed by atoms with Crippen LogP contribution in [-0.4, -0.2) is 30.0 Å². The Balaban J connectivity index is 1.70. The second-order valence-electron chi connectivity index (χ2n) is 5.90. The second kappa shape index (κ2) is 7.97. The number of benzene rings is 1. The molecule has 26 heavy (non-hydrogen) atoms. The van der Waals surface area contributed by atoms with E-state index in [1.165, 1.54) is 0 Å². The molecule has 0 atom stereocenters. The average Bonchev–Trinajstić information content (AvgIpc) is 3.06. The zero-order valence-corrected chi connectivity index (χ0v) is 15.7. The molecule has 0 bridgehead atoms. The molecule has 2 aromatic heterocycles. The monoisotopic (exact) mass is 368 g/mol. The fourth-order valence-electron chi connectivity index (χ4n) is 2.40. The number of hydrogen-bond acceptors (Lipinski definition) is 6. The molecule has 2 heterocycles. The fourth-order valence-corrected chi connectivity index (χ4v) is 3.00. The molecule has 0 saturated heterocycles. The van der Waals surface area contributed by atoms with Crippen molar-refractivity contribution in [2.75, 3.05) is 24.3 Å². The third-order valence-corrected chi connectivity index (χ3v) is 4.43. The summed E-state index contributed by atoms with van der Waals surface area (Å²) >= 11 is 1.59. The standard InChI is InChI=1S/C19H20N4O2S/c1-13-21-15(12-26-13)11-25-16-7-4-6-14(10-16)19(24)22-17-8-5-9-20-18(17)23(2)3/h4-10,12H,11H2,1-3H3,(H,22,24). The Bertz CT molecular complexity index is 908. The van der Waals surface area contributed by atoms with E-state index in [1.807, 2.05) is 43.4 Å². The molecule has 1 aromatic carbocycles. The molecule has 1 N–H and O–H groups in total. The van der Waals surface area contributed by atoms with Gasteiger partial charge in [-0.05, 0) is 37.3 Å². The number of pyridine rings is 1. The van der Waals surface area contributed by atoms with Gasteiger partial charge in [-0.25, -0.2) is 9.97 Å². The van der Waals surface area contributed by atoms with Gasteiger partial charge in [0, 0.05) is 31.2 Å². The summed E-state index contributed by atoms with van der Waals surface area (Å²) in [5, 5.41) is 5.88. The molecule has 0 aliphatic rings. The van der Waals surface area contributed by atoms with Crippen LogP contribution in [0, 0.1) is 6.92 Å². The lowest BCUT2D eigenvalue weighted by Crippen LogP contribution is -2.17. The van der Waals surface area contributed by atoms with Crippen LogP contribution in [0.15, 0.2) is 48.0 Å². The van der Waals surface area contributed by atoms with Gasteiger partial charge in [-0.1, -0.05) is 6.07 Å². The Morgan fingerprint density at radius 1 is 1.27 bits per heavy atom. The van der Waals surface area contributed by atoms with Crippen molar-refractivity contribution < 1.29 is 9.53 Å². The molecular formula is C19H20N4O2S. The number of hydrogen-bond donors (Lipinski definition) is 1. The van der Waals surface area contributed by atoms with Gasteiger partial charge in [0.2, 0.25) is 0 Å². The summed E-state index contributed by atoms with van der Waals surface area (Å²) in [7, 11) is 3.76. The van der Waals surface area contributed by atoms with Gasteiger partial charge in [0.15, 0.2) is 5.82 Å². The van der Waals surface area contributed by atoms with E-state index in [1.54, 1.807) is 41.8 Å². The molecule has 1 amide bonds. The average molecular weight is 368 g/mol. The number of aromatic nitrogens is 2. The first-order chi connectivity index (χ1) is 12.5. The number of aryl methyl sites for hydroxylation is 1. The van der Waals surface area contributed by atoms with Crippen LogP contribution >= 0.6 is 11.3 Å². The summed E-state index contributed by atoms with van der Waals surface area (Å²) < 4.78 is 5.75. The minimum atomic E-state index is -0.212. The minimum absolute atomic E-state index is 0.212. The number of amides is 1. The number of nitrogens with zero attached hydrogens (tertiary/aromatic N) is 3. The Morgan fingerprint density at radius 2 is 2.12 bits per heavy atom. The van der Waals surface area contributed by atoms with E-state index in [2.05, 4.69) is 15.3 Å². The Labute approximate surface area is 156 Å². The maximum absolute atomic E-state index is 12.6. The number of carbonyl (C=O) groups excluding carboxylic acids is 1. The van der Waals surface area contributed by atoms with Gasteiger partial charge in [-0.15, -0.1) is 11.3 Å². The topological polar surface area (TPSA) is 67.3 Å². The van der Waals surface area contributed by atoms with E-state index in [0.29, 0.717) is 29.4 Å². The fraction of sp³-hybridized carbons (Fsp3) is 0.211. The lowest BCUT2D eigenvalue weighted by Gasteiger charge is -2.16. The molecular weight excluding hydrogens is 348 g/mol. The number of anilines is 2. The van der Waals surface area contributed by atoms with Gasteiger partial charge < -0.3 is 15.0 Å². The summed E-state index contributed by atoms with van der Waals surface area (Å²) in [4.78, 5) is 23.1. The molecule has 3 rings (SSSR count). The van der Waals surface area contributed by atoms with Crippen LogP contribution in [0.4, 0.5) is 11.5 Å². The molecule has 7 heteroatoms. The van der Waals surface area contributed by atoms with Crippen LogP contribution in [0.3, 0.4) is 0 Å². The molecule has 6 nitrogen and oxygen atoms in total. The van der Waals surface area contributed by atoms with E-state index >= 15 is 0 Å². The summed E-state index contributed by atoms with van der Waals surface area (Å²) in [6, 6.07) is 10.7. The van der Waals surface area contributed by atoms with E-state index < -0.39 is 0 Å².